The Morgan fingerprint density at radius 3 is 2.00 bits per heavy atom. The van der Waals surface area contributed by atoms with E-state index in [-0.39, 0.29) is 0 Å². The van der Waals surface area contributed by atoms with E-state index in [4.69, 9.17) is 0 Å². The summed E-state index contributed by atoms with van der Waals surface area (Å²) in [5.74, 6) is 1.66. The van der Waals surface area contributed by atoms with Gasteiger partial charge in [-0.3, -0.25) is 0 Å². The molecule has 0 N–H and O–H groups in total. The molecule has 3 rings (SSSR count). The summed E-state index contributed by atoms with van der Waals surface area (Å²) in [5, 5.41) is 0. The van der Waals surface area contributed by atoms with E-state index in [1.807, 2.05) is 19.1 Å². The lowest BCUT2D eigenvalue weighted by Gasteiger charge is -2.31. The lowest BCUT2D eigenvalue weighted by molar-refractivity contribution is 0.253. The minimum atomic E-state index is -3.27. The molecule has 0 atom stereocenters. The number of rotatable bonds is 3. The van der Waals surface area contributed by atoms with E-state index in [1.165, 1.54) is 12.8 Å². The molecule has 1 saturated carbocycles. The van der Waals surface area contributed by atoms with Crippen LogP contribution in [-0.4, -0.2) is 25.8 Å². The first kappa shape index (κ1) is 13.1. The largest absolute Gasteiger partial charge is 0.243 e. The fourth-order valence-corrected chi connectivity index (χ4v) is 4.48. The highest BCUT2D eigenvalue weighted by Gasteiger charge is 2.36. The van der Waals surface area contributed by atoms with Gasteiger partial charge in [-0.05, 0) is 56.6 Å². The van der Waals surface area contributed by atoms with Gasteiger partial charge in [-0.25, -0.2) is 8.42 Å². The maximum Gasteiger partial charge on any atom is 0.243 e. The van der Waals surface area contributed by atoms with Gasteiger partial charge in [0.1, 0.15) is 0 Å². The molecule has 0 unspecified atom stereocenters. The molecule has 1 saturated heterocycles. The molecule has 0 aromatic heterocycles. The van der Waals surface area contributed by atoms with E-state index in [0.717, 1.165) is 30.2 Å². The molecule has 0 spiro atoms. The summed E-state index contributed by atoms with van der Waals surface area (Å²) in [6, 6.07) is 7.17. The third-order valence-corrected chi connectivity index (χ3v) is 6.36. The molecule has 104 valence electrons. The smallest absolute Gasteiger partial charge is 0.207 e. The summed E-state index contributed by atoms with van der Waals surface area (Å²) >= 11 is 0. The Bertz CT molecular complexity index is 538. The van der Waals surface area contributed by atoms with E-state index >= 15 is 0 Å². The van der Waals surface area contributed by atoms with Crippen LogP contribution in [0, 0.1) is 18.8 Å². The molecule has 1 aromatic carbocycles. The minimum Gasteiger partial charge on any atom is -0.207 e. The number of hydrogen-bond acceptors (Lipinski definition) is 2. The van der Waals surface area contributed by atoms with Crippen molar-refractivity contribution in [3.8, 4) is 0 Å². The van der Waals surface area contributed by atoms with Crippen LogP contribution >= 0.6 is 0 Å². The standard InChI is InChI=1S/C15H21NO2S/c1-12-2-6-15(7-3-12)19(17,18)16-10-8-14(9-11-16)13-4-5-13/h2-3,6-7,13-14H,4-5,8-11H2,1H3. The SMILES string of the molecule is Cc1ccc(S(=O)(=O)N2CCC(C3CC3)CC2)cc1. The molecule has 1 aliphatic carbocycles. The molecule has 1 aromatic rings. The monoisotopic (exact) mass is 279 g/mol. The fourth-order valence-electron chi connectivity index (χ4n) is 3.01. The average molecular weight is 279 g/mol. The van der Waals surface area contributed by atoms with Crippen molar-refractivity contribution in [3.05, 3.63) is 29.8 Å². The summed E-state index contributed by atoms with van der Waals surface area (Å²) in [7, 11) is -3.27. The second-order valence-corrected chi connectivity index (χ2v) is 7.83. The minimum absolute atomic E-state index is 0.433. The van der Waals surface area contributed by atoms with Gasteiger partial charge in [0, 0.05) is 13.1 Å². The van der Waals surface area contributed by atoms with E-state index < -0.39 is 10.0 Å². The summed E-state index contributed by atoms with van der Waals surface area (Å²) in [6.45, 7) is 3.35. The van der Waals surface area contributed by atoms with E-state index in [0.29, 0.717) is 18.0 Å². The first-order valence-corrected chi connectivity index (χ1v) is 8.58. The van der Waals surface area contributed by atoms with Crippen LogP contribution in [0.25, 0.3) is 0 Å². The topological polar surface area (TPSA) is 37.4 Å². The van der Waals surface area contributed by atoms with Crippen LogP contribution in [-0.2, 0) is 10.0 Å². The summed E-state index contributed by atoms with van der Waals surface area (Å²) < 4.78 is 26.7. The second-order valence-electron chi connectivity index (χ2n) is 5.89. The van der Waals surface area contributed by atoms with Gasteiger partial charge < -0.3 is 0 Å². The van der Waals surface area contributed by atoms with Crippen molar-refractivity contribution in [2.45, 2.75) is 37.5 Å². The van der Waals surface area contributed by atoms with Gasteiger partial charge in [-0.2, -0.15) is 4.31 Å². The average Bonchev–Trinajstić information content (AvgIpc) is 3.24. The van der Waals surface area contributed by atoms with Gasteiger partial charge in [-0.1, -0.05) is 17.7 Å². The highest BCUT2D eigenvalue weighted by molar-refractivity contribution is 7.89. The van der Waals surface area contributed by atoms with Crippen molar-refractivity contribution in [1.82, 2.24) is 4.31 Å². The van der Waals surface area contributed by atoms with Gasteiger partial charge in [0.05, 0.1) is 4.90 Å². The van der Waals surface area contributed by atoms with Crippen molar-refractivity contribution < 1.29 is 8.42 Å². The Morgan fingerprint density at radius 1 is 0.947 bits per heavy atom. The van der Waals surface area contributed by atoms with Gasteiger partial charge in [-0.15, -0.1) is 0 Å². The third-order valence-electron chi connectivity index (χ3n) is 4.45. The molecule has 2 fully saturated rings. The highest BCUT2D eigenvalue weighted by Crippen LogP contribution is 2.42. The lowest BCUT2D eigenvalue weighted by Crippen LogP contribution is -2.38. The Kier molecular flexibility index (Phi) is 3.39. The summed E-state index contributed by atoms with van der Waals surface area (Å²) in [6.07, 6.45) is 4.79. The number of benzene rings is 1. The molecule has 0 bridgehead atoms. The number of aryl methyl sites for hydroxylation is 1. The van der Waals surface area contributed by atoms with E-state index in [2.05, 4.69) is 0 Å². The maximum absolute atomic E-state index is 12.5. The maximum atomic E-state index is 12.5. The van der Waals surface area contributed by atoms with Crippen molar-refractivity contribution in [2.24, 2.45) is 11.8 Å². The van der Waals surface area contributed by atoms with E-state index in [9.17, 15) is 8.42 Å². The quantitative estimate of drug-likeness (QED) is 0.853. The fraction of sp³-hybridized carbons (Fsp3) is 0.600. The number of hydrogen-bond donors (Lipinski definition) is 0. The second kappa shape index (κ2) is 4.91. The zero-order valence-corrected chi connectivity index (χ0v) is 12.2. The van der Waals surface area contributed by atoms with Crippen molar-refractivity contribution in [1.29, 1.82) is 0 Å². The van der Waals surface area contributed by atoms with Crippen LogP contribution in [0.15, 0.2) is 29.2 Å². The van der Waals surface area contributed by atoms with Crippen molar-refractivity contribution in [2.75, 3.05) is 13.1 Å². The van der Waals surface area contributed by atoms with Crippen LogP contribution in [0.1, 0.15) is 31.2 Å². The van der Waals surface area contributed by atoms with Crippen LogP contribution in [0.5, 0.6) is 0 Å². The number of sulfonamides is 1. The molecular weight excluding hydrogens is 258 g/mol. The molecule has 2 aliphatic rings. The Hall–Kier alpha value is -0.870. The van der Waals surface area contributed by atoms with E-state index in [1.54, 1.807) is 16.4 Å². The van der Waals surface area contributed by atoms with Crippen molar-refractivity contribution in [3.63, 3.8) is 0 Å². The zero-order valence-electron chi connectivity index (χ0n) is 11.4. The van der Waals surface area contributed by atoms with Gasteiger partial charge in [0.25, 0.3) is 0 Å². The van der Waals surface area contributed by atoms with Crippen LogP contribution in [0.4, 0.5) is 0 Å². The molecule has 0 radical (unpaired) electrons. The summed E-state index contributed by atoms with van der Waals surface area (Å²) in [4.78, 5) is 0.433. The summed E-state index contributed by atoms with van der Waals surface area (Å²) in [5.41, 5.74) is 1.09. The van der Waals surface area contributed by atoms with Crippen molar-refractivity contribution >= 4 is 10.0 Å². The lowest BCUT2D eigenvalue weighted by atomic mass is 9.93. The van der Waals surface area contributed by atoms with Crippen LogP contribution in [0.3, 0.4) is 0 Å². The molecule has 3 nitrogen and oxygen atoms in total. The number of piperidine rings is 1. The third kappa shape index (κ3) is 2.70. The molecule has 1 aliphatic heterocycles. The molecule has 19 heavy (non-hydrogen) atoms. The normalized spacial score (nSPS) is 22.6. The number of nitrogens with zero attached hydrogens (tertiary/aromatic N) is 1. The van der Waals surface area contributed by atoms with Crippen LogP contribution in [0.2, 0.25) is 0 Å². The highest BCUT2D eigenvalue weighted by atomic mass is 32.2. The Balaban J connectivity index is 1.72. The zero-order chi connectivity index (χ0) is 13.5. The predicted molar refractivity (Wildman–Crippen MR) is 75.4 cm³/mol. The predicted octanol–water partition coefficient (Wildman–Crippen LogP) is 2.81. The molecular formula is C15H21NO2S. The Morgan fingerprint density at radius 2 is 1.47 bits per heavy atom. The van der Waals surface area contributed by atoms with Gasteiger partial charge in [0.2, 0.25) is 10.0 Å². The van der Waals surface area contributed by atoms with Crippen LogP contribution < -0.4 is 0 Å². The van der Waals surface area contributed by atoms with Gasteiger partial charge >= 0.3 is 0 Å². The molecule has 4 heteroatoms. The van der Waals surface area contributed by atoms with Gasteiger partial charge in [0.15, 0.2) is 0 Å². The first-order chi connectivity index (χ1) is 9.07. The Labute approximate surface area is 115 Å². The first-order valence-electron chi connectivity index (χ1n) is 7.14. The molecule has 1 heterocycles. The molecule has 0 amide bonds.